The summed E-state index contributed by atoms with van der Waals surface area (Å²) in [5.41, 5.74) is 2.74. The van der Waals surface area contributed by atoms with Crippen molar-refractivity contribution in [2.45, 2.75) is 26.3 Å². The van der Waals surface area contributed by atoms with E-state index in [1.807, 2.05) is 25.1 Å². The maximum Gasteiger partial charge on any atom is 0.125 e. The van der Waals surface area contributed by atoms with E-state index in [2.05, 4.69) is 12.2 Å². The summed E-state index contributed by atoms with van der Waals surface area (Å²) in [5.74, 6) is 0.0169. The standard InChI is InChI=1S/C16H18FNO/c1-3-16(12-4-6-15(19)7-5-12)18-14-9-11(2)8-13(17)10-14/h4-10,16,18-19H,3H2,1-2H3. The van der Waals surface area contributed by atoms with Crippen molar-refractivity contribution < 1.29 is 9.50 Å². The zero-order valence-electron chi connectivity index (χ0n) is 11.2. The largest absolute Gasteiger partial charge is 0.508 e. The Labute approximate surface area is 112 Å². The summed E-state index contributed by atoms with van der Waals surface area (Å²) in [6.45, 7) is 3.94. The van der Waals surface area contributed by atoms with E-state index in [1.165, 1.54) is 12.1 Å². The third-order valence-corrected chi connectivity index (χ3v) is 3.09. The van der Waals surface area contributed by atoms with E-state index in [9.17, 15) is 9.50 Å². The van der Waals surface area contributed by atoms with Crippen LogP contribution in [0.4, 0.5) is 10.1 Å². The van der Waals surface area contributed by atoms with Crippen LogP contribution in [0.15, 0.2) is 42.5 Å². The Morgan fingerprint density at radius 1 is 1.16 bits per heavy atom. The molecular formula is C16H18FNO. The molecule has 2 aromatic rings. The summed E-state index contributed by atoms with van der Waals surface area (Å²) in [7, 11) is 0. The normalized spacial score (nSPS) is 12.2. The SMILES string of the molecule is CCC(Nc1cc(C)cc(F)c1)c1ccc(O)cc1. The highest BCUT2D eigenvalue weighted by Gasteiger charge is 2.09. The van der Waals surface area contributed by atoms with E-state index in [0.717, 1.165) is 23.2 Å². The molecule has 1 unspecified atom stereocenters. The van der Waals surface area contributed by atoms with Crippen molar-refractivity contribution in [3.63, 3.8) is 0 Å². The first-order valence-electron chi connectivity index (χ1n) is 6.41. The molecule has 19 heavy (non-hydrogen) atoms. The molecule has 0 aliphatic carbocycles. The first kappa shape index (κ1) is 13.4. The molecule has 0 bridgehead atoms. The number of anilines is 1. The Morgan fingerprint density at radius 2 is 1.84 bits per heavy atom. The van der Waals surface area contributed by atoms with Crippen LogP contribution in [0.1, 0.15) is 30.5 Å². The quantitative estimate of drug-likeness (QED) is 0.852. The van der Waals surface area contributed by atoms with Crippen LogP contribution in [0.2, 0.25) is 0 Å². The molecule has 0 spiro atoms. The van der Waals surface area contributed by atoms with Gasteiger partial charge < -0.3 is 10.4 Å². The van der Waals surface area contributed by atoms with Crippen LogP contribution in [-0.4, -0.2) is 5.11 Å². The highest BCUT2D eigenvalue weighted by atomic mass is 19.1. The topological polar surface area (TPSA) is 32.3 Å². The van der Waals surface area contributed by atoms with E-state index in [-0.39, 0.29) is 17.6 Å². The van der Waals surface area contributed by atoms with Gasteiger partial charge in [-0.3, -0.25) is 0 Å². The van der Waals surface area contributed by atoms with Gasteiger partial charge in [0.2, 0.25) is 0 Å². The molecule has 2 nitrogen and oxygen atoms in total. The number of aromatic hydroxyl groups is 1. The van der Waals surface area contributed by atoms with Gasteiger partial charge in [-0.1, -0.05) is 19.1 Å². The van der Waals surface area contributed by atoms with Gasteiger partial charge in [-0.25, -0.2) is 4.39 Å². The second-order valence-electron chi connectivity index (χ2n) is 4.71. The number of aryl methyl sites for hydroxylation is 1. The summed E-state index contributed by atoms with van der Waals surface area (Å²) in [4.78, 5) is 0. The molecule has 0 amide bonds. The number of hydrogen-bond donors (Lipinski definition) is 2. The lowest BCUT2D eigenvalue weighted by atomic mass is 10.0. The molecule has 0 heterocycles. The van der Waals surface area contributed by atoms with Crippen LogP contribution in [0, 0.1) is 12.7 Å². The highest BCUT2D eigenvalue weighted by Crippen LogP contribution is 2.25. The first-order valence-corrected chi connectivity index (χ1v) is 6.41. The molecule has 0 aromatic heterocycles. The number of hydrogen-bond acceptors (Lipinski definition) is 2. The van der Waals surface area contributed by atoms with E-state index in [4.69, 9.17) is 0 Å². The lowest BCUT2D eigenvalue weighted by Crippen LogP contribution is -2.09. The molecule has 0 saturated heterocycles. The Morgan fingerprint density at radius 3 is 2.42 bits per heavy atom. The van der Waals surface area contributed by atoms with Crippen LogP contribution in [0.25, 0.3) is 0 Å². The van der Waals surface area contributed by atoms with Crippen molar-refractivity contribution in [1.29, 1.82) is 0 Å². The van der Waals surface area contributed by atoms with Crippen LogP contribution < -0.4 is 5.32 Å². The van der Waals surface area contributed by atoms with Crippen molar-refractivity contribution in [2.24, 2.45) is 0 Å². The van der Waals surface area contributed by atoms with Gasteiger partial charge in [0.05, 0.1) is 6.04 Å². The monoisotopic (exact) mass is 259 g/mol. The smallest absolute Gasteiger partial charge is 0.125 e. The van der Waals surface area contributed by atoms with E-state index in [0.29, 0.717) is 0 Å². The average molecular weight is 259 g/mol. The van der Waals surface area contributed by atoms with Crippen molar-refractivity contribution in [2.75, 3.05) is 5.32 Å². The minimum atomic E-state index is -0.233. The zero-order chi connectivity index (χ0) is 13.8. The molecule has 3 heteroatoms. The summed E-state index contributed by atoms with van der Waals surface area (Å²) in [6.07, 6.45) is 0.875. The first-order chi connectivity index (χ1) is 9.08. The number of rotatable bonds is 4. The van der Waals surface area contributed by atoms with Crippen LogP contribution in [-0.2, 0) is 0 Å². The summed E-state index contributed by atoms with van der Waals surface area (Å²) in [5, 5.41) is 12.6. The van der Waals surface area contributed by atoms with Crippen molar-refractivity contribution in [3.8, 4) is 5.75 Å². The highest BCUT2D eigenvalue weighted by molar-refractivity contribution is 5.48. The molecule has 0 saturated carbocycles. The molecule has 0 aliphatic rings. The van der Waals surface area contributed by atoms with Crippen molar-refractivity contribution in [1.82, 2.24) is 0 Å². The van der Waals surface area contributed by atoms with Crippen molar-refractivity contribution >= 4 is 5.69 Å². The van der Waals surface area contributed by atoms with Gasteiger partial charge in [-0.2, -0.15) is 0 Å². The summed E-state index contributed by atoms with van der Waals surface area (Å²) >= 11 is 0. The zero-order valence-corrected chi connectivity index (χ0v) is 11.2. The van der Waals surface area contributed by atoms with E-state index in [1.54, 1.807) is 12.1 Å². The van der Waals surface area contributed by atoms with Gasteiger partial charge in [-0.05, 0) is 54.8 Å². The fourth-order valence-corrected chi connectivity index (χ4v) is 2.15. The Kier molecular flexibility index (Phi) is 4.05. The molecule has 100 valence electrons. The van der Waals surface area contributed by atoms with E-state index >= 15 is 0 Å². The van der Waals surface area contributed by atoms with Gasteiger partial charge in [0, 0.05) is 5.69 Å². The number of nitrogens with one attached hydrogen (secondary N) is 1. The molecule has 0 radical (unpaired) electrons. The van der Waals surface area contributed by atoms with Crippen LogP contribution in [0.3, 0.4) is 0 Å². The molecule has 2 aromatic carbocycles. The fourth-order valence-electron chi connectivity index (χ4n) is 2.15. The second kappa shape index (κ2) is 5.74. The summed E-state index contributed by atoms with van der Waals surface area (Å²) in [6, 6.07) is 12.1. The number of phenols is 1. The molecule has 2 rings (SSSR count). The van der Waals surface area contributed by atoms with Gasteiger partial charge in [-0.15, -0.1) is 0 Å². The number of benzene rings is 2. The lowest BCUT2D eigenvalue weighted by molar-refractivity contribution is 0.475. The Balaban J connectivity index is 2.21. The predicted molar refractivity (Wildman–Crippen MR) is 75.9 cm³/mol. The second-order valence-corrected chi connectivity index (χ2v) is 4.71. The Bertz CT molecular complexity index is 531. The van der Waals surface area contributed by atoms with Gasteiger partial charge in [0.1, 0.15) is 11.6 Å². The van der Waals surface area contributed by atoms with Crippen molar-refractivity contribution in [3.05, 3.63) is 59.4 Å². The molecule has 0 aliphatic heterocycles. The van der Waals surface area contributed by atoms with E-state index < -0.39 is 0 Å². The third kappa shape index (κ3) is 3.47. The predicted octanol–water partition coefficient (Wildman–Crippen LogP) is 4.40. The third-order valence-electron chi connectivity index (χ3n) is 3.09. The van der Waals surface area contributed by atoms with Crippen LogP contribution >= 0.6 is 0 Å². The minimum absolute atomic E-state index is 0.0989. The Hall–Kier alpha value is -2.03. The van der Waals surface area contributed by atoms with Gasteiger partial charge in [0.15, 0.2) is 0 Å². The fraction of sp³-hybridized carbons (Fsp3) is 0.250. The van der Waals surface area contributed by atoms with Crippen LogP contribution in [0.5, 0.6) is 5.75 Å². The maximum absolute atomic E-state index is 13.4. The molecule has 1 atom stereocenters. The maximum atomic E-state index is 13.4. The number of halogens is 1. The minimum Gasteiger partial charge on any atom is -0.508 e. The molecular weight excluding hydrogens is 241 g/mol. The molecule has 0 fully saturated rings. The lowest BCUT2D eigenvalue weighted by Gasteiger charge is -2.19. The average Bonchev–Trinajstić information content (AvgIpc) is 2.36. The molecule has 2 N–H and O–H groups in total. The van der Waals surface area contributed by atoms with Gasteiger partial charge >= 0.3 is 0 Å². The number of phenolic OH excluding ortho intramolecular Hbond substituents is 1. The summed E-state index contributed by atoms with van der Waals surface area (Å²) < 4.78 is 13.4. The van der Waals surface area contributed by atoms with Gasteiger partial charge in [0.25, 0.3) is 0 Å².